The maximum absolute atomic E-state index is 11.9. The Morgan fingerprint density at radius 3 is 2.76 bits per heavy atom. The lowest BCUT2D eigenvalue weighted by Crippen LogP contribution is -2.35. The fraction of sp³-hybridized carbons (Fsp3) is 0.700. The van der Waals surface area contributed by atoms with E-state index >= 15 is 0 Å². The quantitative estimate of drug-likeness (QED) is 0.702. The van der Waals surface area contributed by atoms with Gasteiger partial charge in [-0.15, -0.1) is 0 Å². The first-order valence-corrected chi connectivity index (χ1v) is 7.01. The molecule has 0 radical (unpaired) electrons. The van der Waals surface area contributed by atoms with Gasteiger partial charge in [-0.1, -0.05) is 0 Å². The van der Waals surface area contributed by atoms with Gasteiger partial charge in [-0.25, -0.2) is 12.7 Å². The van der Waals surface area contributed by atoms with Crippen LogP contribution in [0.25, 0.3) is 0 Å². The summed E-state index contributed by atoms with van der Waals surface area (Å²) in [6.07, 6.45) is 3.17. The zero-order valence-electron chi connectivity index (χ0n) is 10.4. The molecule has 1 heterocycles. The van der Waals surface area contributed by atoms with Crippen LogP contribution in [0.4, 0.5) is 0 Å². The third-order valence-electron chi connectivity index (χ3n) is 2.53. The molecule has 98 valence electrons. The molecule has 0 unspecified atom stereocenters. The van der Waals surface area contributed by atoms with Gasteiger partial charge in [0.2, 0.25) is 10.0 Å². The van der Waals surface area contributed by atoms with Crippen molar-refractivity contribution in [3.05, 3.63) is 18.5 Å². The van der Waals surface area contributed by atoms with Gasteiger partial charge in [0.1, 0.15) is 0 Å². The molecule has 1 rings (SSSR count). The molecule has 0 aliphatic rings. The minimum Gasteiger partial charge on any atom is -0.381 e. The van der Waals surface area contributed by atoms with E-state index in [1.165, 1.54) is 11.4 Å². The highest BCUT2D eigenvalue weighted by atomic mass is 32.2. The molecule has 0 N–H and O–H groups in total. The summed E-state index contributed by atoms with van der Waals surface area (Å²) in [5.74, 6) is -0.000886. The first-order valence-electron chi connectivity index (χ1n) is 5.40. The Balaban J connectivity index is 2.48. The number of ether oxygens (including phenoxy) is 1. The van der Waals surface area contributed by atoms with Crippen molar-refractivity contribution in [2.24, 2.45) is 0 Å². The van der Waals surface area contributed by atoms with E-state index in [0.29, 0.717) is 13.1 Å². The van der Waals surface area contributed by atoms with E-state index < -0.39 is 10.0 Å². The molecular weight excluding hydrogens is 242 g/mol. The fourth-order valence-corrected chi connectivity index (χ4v) is 2.65. The van der Waals surface area contributed by atoms with Crippen molar-refractivity contribution in [3.8, 4) is 0 Å². The average Bonchev–Trinajstić information content (AvgIpc) is 2.77. The van der Waals surface area contributed by atoms with Crippen LogP contribution in [-0.4, -0.2) is 55.1 Å². The summed E-state index contributed by atoms with van der Waals surface area (Å²) < 4.78 is 31.8. The third kappa shape index (κ3) is 4.45. The van der Waals surface area contributed by atoms with Gasteiger partial charge in [0.25, 0.3) is 0 Å². The van der Waals surface area contributed by atoms with E-state index in [0.717, 1.165) is 0 Å². The van der Waals surface area contributed by atoms with Gasteiger partial charge >= 0.3 is 0 Å². The zero-order chi connectivity index (χ0) is 12.9. The van der Waals surface area contributed by atoms with Gasteiger partial charge in [-0.3, -0.25) is 4.68 Å². The van der Waals surface area contributed by atoms with Crippen molar-refractivity contribution in [1.82, 2.24) is 14.1 Å². The highest BCUT2D eigenvalue weighted by Crippen LogP contribution is 2.03. The summed E-state index contributed by atoms with van der Waals surface area (Å²) in [7, 11) is -0.183. The summed E-state index contributed by atoms with van der Waals surface area (Å²) in [6, 6.07) is 1.81. The van der Waals surface area contributed by atoms with Crippen LogP contribution < -0.4 is 0 Å². The summed E-state index contributed by atoms with van der Waals surface area (Å²) in [4.78, 5) is 0. The Kier molecular flexibility index (Phi) is 5.10. The van der Waals surface area contributed by atoms with Gasteiger partial charge < -0.3 is 4.74 Å². The number of rotatable bonds is 7. The Labute approximate surface area is 102 Å². The van der Waals surface area contributed by atoms with E-state index in [1.807, 2.05) is 6.07 Å². The molecule has 6 nitrogen and oxygen atoms in total. The largest absolute Gasteiger partial charge is 0.381 e. The van der Waals surface area contributed by atoms with Crippen LogP contribution >= 0.6 is 0 Å². The summed E-state index contributed by atoms with van der Waals surface area (Å²) >= 11 is 0. The van der Waals surface area contributed by atoms with Gasteiger partial charge in [0.15, 0.2) is 0 Å². The minimum absolute atomic E-state index is 0.000886. The van der Waals surface area contributed by atoms with E-state index in [2.05, 4.69) is 5.10 Å². The number of likely N-dealkylation sites (N-methyl/N-ethyl adjacent to an activating group) is 1. The van der Waals surface area contributed by atoms with Gasteiger partial charge in [-0.05, 0) is 13.0 Å². The Morgan fingerprint density at radius 2 is 2.24 bits per heavy atom. The molecule has 0 fully saturated rings. The normalized spacial score (nSPS) is 14.1. The van der Waals surface area contributed by atoms with Crippen molar-refractivity contribution in [2.45, 2.75) is 19.6 Å². The van der Waals surface area contributed by atoms with Crippen LogP contribution in [0.5, 0.6) is 0 Å². The van der Waals surface area contributed by atoms with Crippen molar-refractivity contribution in [2.75, 3.05) is 26.5 Å². The standard InChI is InChI=1S/C10H19N3O3S/c1-10(16-3)9-17(14,15)12(2)7-8-13-6-4-5-11-13/h4-6,10H,7-9H2,1-3H3/t10-/m1/s1. The molecule has 1 atom stereocenters. The minimum atomic E-state index is -3.26. The second kappa shape index (κ2) is 6.13. The summed E-state index contributed by atoms with van der Waals surface area (Å²) in [5.41, 5.74) is 0. The number of sulfonamides is 1. The molecule has 0 aliphatic heterocycles. The second-order valence-corrected chi connectivity index (χ2v) is 6.04. The summed E-state index contributed by atoms with van der Waals surface area (Å²) in [6.45, 7) is 2.68. The molecule has 7 heteroatoms. The van der Waals surface area contributed by atoms with Crippen LogP contribution in [-0.2, 0) is 21.3 Å². The predicted molar refractivity (Wildman–Crippen MR) is 65.1 cm³/mol. The first-order chi connectivity index (χ1) is 7.95. The molecule has 0 saturated heterocycles. The highest BCUT2D eigenvalue weighted by Gasteiger charge is 2.20. The van der Waals surface area contributed by atoms with Crippen molar-refractivity contribution in [3.63, 3.8) is 0 Å². The molecule has 0 aromatic carbocycles. The number of aromatic nitrogens is 2. The van der Waals surface area contributed by atoms with E-state index in [1.54, 1.807) is 31.0 Å². The lowest BCUT2D eigenvalue weighted by molar-refractivity contribution is 0.135. The molecule has 1 aromatic rings. The molecular formula is C10H19N3O3S. The average molecular weight is 261 g/mol. The van der Waals surface area contributed by atoms with Crippen LogP contribution in [0.1, 0.15) is 6.92 Å². The maximum atomic E-state index is 11.9. The van der Waals surface area contributed by atoms with E-state index in [-0.39, 0.29) is 11.9 Å². The molecule has 0 saturated carbocycles. The molecule has 0 aliphatic carbocycles. The monoisotopic (exact) mass is 261 g/mol. The molecule has 1 aromatic heterocycles. The Morgan fingerprint density at radius 1 is 1.53 bits per heavy atom. The SMILES string of the molecule is CO[C@H](C)CS(=O)(=O)N(C)CCn1cccn1. The summed E-state index contributed by atoms with van der Waals surface area (Å²) in [5, 5.41) is 4.02. The maximum Gasteiger partial charge on any atom is 0.216 e. The predicted octanol–water partition coefficient (Wildman–Crippen LogP) is 0.180. The number of hydrogen-bond donors (Lipinski definition) is 0. The molecule has 0 spiro atoms. The van der Waals surface area contributed by atoms with Gasteiger partial charge in [0, 0.05) is 33.1 Å². The lowest BCUT2D eigenvalue weighted by Gasteiger charge is -2.19. The molecule has 0 amide bonds. The van der Waals surface area contributed by atoms with Gasteiger partial charge in [-0.2, -0.15) is 5.10 Å². The van der Waals surface area contributed by atoms with Crippen LogP contribution in [0.2, 0.25) is 0 Å². The van der Waals surface area contributed by atoms with Crippen LogP contribution in [0.15, 0.2) is 18.5 Å². The number of methoxy groups -OCH3 is 1. The number of nitrogens with zero attached hydrogens (tertiary/aromatic N) is 3. The Hall–Kier alpha value is -0.920. The van der Waals surface area contributed by atoms with Crippen molar-refractivity contribution >= 4 is 10.0 Å². The molecule has 0 bridgehead atoms. The third-order valence-corrected chi connectivity index (χ3v) is 4.55. The smallest absolute Gasteiger partial charge is 0.216 e. The lowest BCUT2D eigenvalue weighted by atomic mass is 10.5. The Bertz CT molecular complexity index is 416. The van der Waals surface area contributed by atoms with E-state index in [9.17, 15) is 8.42 Å². The first kappa shape index (κ1) is 14.1. The van der Waals surface area contributed by atoms with Gasteiger partial charge in [0.05, 0.1) is 18.4 Å². The number of hydrogen-bond acceptors (Lipinski definition) is 4. The van der Waals surface area contributed by atoms with E-state index in [4.69, 9.17) is 4.74 Å². The topological polar surface area (TPSA) is 64.4 Å². The zero-order valence-corrected chi connectivity index (χ0v) is 11.2. The van der Waals surface area contributed by atoms with Crippen molar-refractivity contribution in [1.29, 1.82) is 0 Å². The second-order valence-electron chi connectivity index (χ2n) is 3.92. The van der Waals surface area contributed by atoms with Crippen LogP contribution in [0.3, 0.4) is 0 Å². The molecule has 17 heavy (non-hydrogen) atoms. The fourth-order valence-electron chi connectivity index (χ4n) is 1.31. The highest BCUT2D eigenvalue weighted by molar-refractivity contribution is 7.89. The van der Waals surface area contributed by atoms with Crippen LogP contribution in [0, 0.1) is 0 Å². The van der Waals surface area contributed by atoms with Crippen molar-refractivity contribution < 1.29 is 13.2 Å².